The van der Waals surface area contributed by atoms with Crippen LogP contribution in [0.15, 0.2) is 18.2 Å². The van der Waals surface area contributed by atoms with E-state index in [-0.39, 0.29) is 25.7 Å². The average molecular weight is 291 g/mol. The van der Waals surface area contributed by atoms with Gasteiger partial charge in [-0.05, 0) is 31.0 Å². The number of amides is 1. The van der Waals surface area contributed by atoms with E-state index in [1.807, 2.05) is 6.07 Å². The minimum Gasteiger partial charge on any atom is -0.481 e. The van der Waals surface area contributed by atoms with Gasteiger partial charge in [0, 0.05) is 13.1 Å². The molecule has 3 rings (SSSR count). The molecule has 1 fully saturated rings. The fourth-order valence-corrected chi connectivity index (χ4v) is 2.69. The van der Waals surface area contributed by atoms with E-state index in [4.69, 9.17) is 9.47 Å². The summed E-state index contributed by atoms with van der Waals surface area (Å²) in [5.41, 5.74) is 0.0121. The maximum atomic E-state index is 12.3. The Balaban J connectivity index is 1.66. The van der Waals surface area contributed by atoms with Crippen LogP contribution < -0.4 is 9.47 Å². The zero-order chi connectivity index (χ0) is 15.0. The van der Waals surface area contributed by atoms with Crippen LogP contribution in [0.4, 0.5) is 0 Å². The third-order valence-corrected chi connectivity index (χ3v) is 4.13. The zero-order valence-corrected chi connectivity index (χ0v) is 11.8. The first-order chi connectivity index (χ1) is 9.98. The summed E-state index contributed by atoms with van der Waals surface area (Å²) in [5, 5.41) is 9.20. The highest BCUT2D eigenvalue weighted by Crippen LogP contribution is 2.33. The molecule has 1 unspecified atom stereocenters. The van der Waals surface area contributed by atoms with Crippen molar-refractivity contribution in [1.82, 2.24) is 4.90 Å². The first kappa shape index (κ1) is 13.7. The van der Waals surface area contributed by atoms with Crippen LogP contribution in [0.5, 0.6) is 11.5 Å². The second kappa shape index (κ2) is 4.95. The summed E-state index contributed by atoms with van der Waals surface area (Å²) >= 11 is 0. The highest BCUT2D eigenvalue weighted by molar-refractivity contribution is 5.82. The van der Waals surface area contributed by atoms with Crippen molar-refractivity contribution in [3.63, 3.8) is 0 Å². The molecule has 0 spiro atoms. The predicted octanol–water partition coefficient (Wildman–Crippen LogP) is 1.28. The Morgan fingerprint density at radius 2 is 2.10 bits per heavy atom. The molecule has 0 aromatic heterocycles. The molecule has 1 saturated heterocycles. The Bertz CT molecular complexity index is 600. The smallest absolute Gasteiger partial charge is 0.311 e. The van der Waals surface area contributed by atoms with Crippen LogP contribution >= 0.6 is 0 Å². The molecular formula is C15H17NO5. The molecule has 2 aliphatic heterocycles. The van der Waals surface area contributed by atoms with Crippen molar-refractivity contribution in [2.75, 3.05) is 19.9 Å². The van der Waals surface area contributed by atoms with E-state index >= 15 is 0 Å². The van der Waals surface area contributed by atoms with Crippen molar-refractivity contribution in [1.29, 1.82) is 0 Å². The number of carboxylic acid groups (broad SMARTS) is 1. The first-order valence-corrected chi connectivity index (χ1v) is 6.88. The lowest BCUT2D eigenvalue weighted by Gasteiger charge is -2.20. The standard InChI is InChI=1S/C15H17NO5/c1-15(14(18)19)4-5-16(8-15)13(17)7-10-2-3-11-12(6-10)21-9-20-11/h2-3,6H,4-5,7-9H2,1H3,(H,18,19). The Kier molecular flexibility index (Phi) is 3.23. The van der Waals surface area contributed by atoms with Gasteiger partial charge in [0.15, 0.2) is 11.5 Å². The third-order valence-electron chi connectivity index (χ3n) is 4.13. The number of nitrogens with zero attached hydrogens (tertiary/aromatic N) is 1. The molecule has 1 amide bonds. The molecular weight excluding hydrogens is 274 g/mol. The fraction of sp³-hybridized carbons (Fsp3) is 0.467. The van der Waals surface area contributed by atoms with Gasteiger partial charge in [0.25, 0.3) is 0 Å². The van der Waals surface area contributed by atoms with Gasteiger partial charge in [-0.2, -0.15) is 0 Å². The minimum atomic E-state index is -0.846. The van der Waals surface area contributed by atoms with Crippen molar-refractivity contribution < 1.29 is 24.2 Å². The molecule has 2 heterocycles. The minimum absolute atomic E-state index is 0.0566. The normalized spacial score (nSPS) is 23.4. The van der Waals surface area contributed by atoms with Gasteiger partial charge in [-0.15, -0.1) is 0 Å². The quantitative estimate of drug-likeness (QED) is 0.908. The zero-order valence-electron chi connectivity index (χ0n) is 11.8. The van der Waals surface area contributed by atoms with E-state index in [0.717, 1.165) is 5.56 Å². The van der Waals surface area contributed by atoms with E-state index in [9.17, 15) is 14.7 Å². The van der Waals surface area contributed by atoms with Crippen LogP contribution in [0.3, 0.4) is 0 Å². The highest BCUT2D eigenvalue weighted by Gasteiger charge is 2.41. The number of ether oxygens (including phenoxy) is 2. The van der Waals surface area contributed by atoms with Crippen LogP contribution in [0.2, 0.25) is 0 Å². The van der Waals surface area contributed by atoms with E-state index in [2.05, 4.69) is 0 Å². The molecule has 0 saturated carbocycles. The molecule has 1 aromatic carbocycles. The van der Waals surface area contributed by atoms with Crippen molar-refractivity contribution in [2.24, 2.45) is 5.41 Å². The molecule has 1 atom stereocenters. The van der Waals surface area contributed by atoms with Gasteiger partial charge in [-0.1, -0.05) is 6.07 Å². The summed E-state index contributed by atoms with van der Waals surface area (Å²) in [6, 6.07) is 5.42. The molecule has 0 bridgehead atoms. The summed E-state index contributed by atoms with van der Waals surface area (Å²) < 4.78 is 10.5. The third kappa shape index (κ3) is 2.53. The number of hydrogen-bond donors (Lipinski definition) is 1. The number of likely N-dealkylation sites (tertiary alicyclic amines) is 1. The lowest BCUT2D eigenvalue weighted by atomic mass is 9.90. The number of fused-ring (bicyclic) bond motifs is 1. The Labute approximate surface area is 122 Å². The first-order valence-electron chi connectivity index (χ1n) is 6.88. The molecule has 1 N–H and O–H groups in total. The molecule has 6 nitrogen and oxygen atoms in total. The molecule has 1 aromatic rings. The van der Waals surface area contributed by atoms with E-state index < -0.39 is 11.4 Å². The molecule has 112 valence electrons. The van der Waals surface area contributed by atoms with Crippen LogP contribution in [-0.2, 0) is 16.0 Å². The van der Waals surface area contributed by atoms with Crippen LogP contribution in [0.25, 0.3) is 0 Å². The largest absolute Gasteiger partial charge is 0.481 e. The number of rotatable bonds is 3. The molecule has 2 aliphatic rings. The Morgan fingerprint density at radius 1 is 1.33 bits per heavy atom. The monoisotopic (exact) mass is 291 g/mol. The molecule has 21 heavy (non-hydrogen) atoms. The summed E-state index contributed by atoms with van der Waals surface area (Å²) in [4.78, 5) is 25.1. The summed E-state index contributed by atoms with van der Waals surface area (Å²) in [7, 11) is 0. The van der Waals surface area contributed by atoms with E-state index in [0.29, 0.717) is 24.5 Å². The molecule has 0 aliphatic carbocycles. The summed E-state index contributed by atoms with van der Waals surface area (Å²) in [5.74, 6) is 0.433. The number of carbonyl (C=O) groups is 2. The highest BCUT2D eigenvalue weighted by atomic mass is 16.7. The van der Waals surface area contributed by atoms with Gasteiger partial charge >= 0.3 is 5.97 Å². The van der Waals surface area contributed by atoms with Crippen molar-refractivity contribution >= 4 is 11.9 Å². The average Bonchev–Trinajstić information content (AvgIpc) is 3.05. The second-order valence-electron chi connectivity index (χ2n) is 5.80. The maximum absolute atomic E-state index is 12.3. The van der Waals surface area contributed by atoms with Gasteiger partial charge in [0.2, 0.25) is 12.7 Å². The van der Waals surface area contributed by atoms with Gasteiger partial charge < -0.3 is 19.5 Å². The van der Waals surface area contributed by atoms with Crippen molar-refractivity contribution in [3.05, 3.63) is 23.8 Å². The van der Waals surface area contributed by atoms with Crippen LogP contribution in [0, 0.1) is 5.41 Å². The number of aliphatic carboxylic acids is 1. The molecule has 6 heteroatoms. The Morgan fingerprint density at radius 3 is 2.81 bits per heavy atom. The summed E-state index contributed by atoms with van der Waals surface area (Å²) in [6.45, 7) is 2.65. The van der Waals surface area contributed by atoms with Gasteiger partial charge in [-0.3, -0.25) is 9.59 Å². The SMILES string of the molecule is CC1(C(=O)O)CCN(C(=O)Cc2ccc3c(c2)OCO3)C1. The van der Waals surface area contributed by atoms with Crippen molar-refractivity contribution in [2.45, 2.75) is 19.8 Å². The molecule has 0 radical (unpaired) electrons. The topological polar surface area (TPSA) is 76.1 Å². The summed E-state index contributed by atoms with van der Waals surface area (Å²) in [6.07, 6.45) is 0.738. The number of benzene rings is 1. The maximum Gasteiger partial charge on any atom is 0.311 e. The number of carbonyl (C=O) groups excluding carboxylic acids is 1. The lowest BCUT2D eigenvalue weighted by Crippen LogP contribution is -2.35. The predicted molar refractivity (Wildman–Crippen MR) is 73.2 cm³/mol. The second-order valence-corrected chi connectivity index (χ2v) is 5.80. The fourth-order valence-electron chi connectivity index (χ4n) is 2.69. The van der Waals surface area contributed by atoms with Crippen LogP contribution in [0.1, 0.15) is 18.9 Å². The Hall–Kier alpha value is -2.24. The van der Waals surface area contributed by atoms with Gasteiger partial charge in [0.1, 0.15) is 0 Å². The lowest BCUT2D eigenvalue weighted by molar-refractivity contribution is -0.147. The van der Waals surface area contributed by atoms with E-state index in [1.54, 1.807) is 24.0 Å². The van der Waals surface area contributed by atoms with Gasteiger partial charge in [-0.25, -0.2) is 0 Å². The van der Waals surface area contributed by atoms with Gasteiger partial charge in [0.05, 0.1) is 11.8 Å². The number of carboxylic acids is 1. The van der Waals surface area contributed by atoms with Crippen molar-refractivity contribution in [3.8, 4) is 11.5 Å². The number of hydrogen-bond acceptors (Lipinski definition) is 4. The van der Waals surface area contributed by atoms with Crippen LogP contribution in [-0.4, -0.2) is 41.8 Å². The van der Waals surface area contributed by atoms with E-state index in [1.165, 1.54) is 0 Å².